The van der Waals surface area contributed by atoms with Crippen molar-refractivity contribution in [2.24, 2.45) is 0 Å². The Balaban J connectivity index is 1.20. The maximum Gasteiger partial charge on any atom is 0.463 e. The van der Waals surface area contributed by atoms with Crippen molar-refractivity contribution in [3.8, 4) is 56.4 Å². The van der Waals surface area contributed by atoms with Gasteiger partial charge in [0, 0.05) is 0 Å². The quantitative estimate of drug-likeness (QED) is 0.178. The van der Waals surface area contributed by atoms with Gasteiger partial charge in [-0.3, -0.25) is 0 Å². The summed E-state index contributed by atoms with van der Waals surface area (Å²) in [6.07, 6.45) is 0. The van der Waals surface area contributed by atoms with Crippen LogP contribution in [0.1, 0.15) is 0 Å². The van der Waals surface area contributed by atoms with E-state index in [4.69, 9.17) is 18.1 Å². The molecule has 1 atom stereocenters. The van der Waals surface area contributed by atoms with Crippen LogP contribution < -0.4 is 34.0 Å². The third kappa shape index (κ3) is 5.08. The molecular weight excluding hydrogens is 605 g/mol. The van der Waals surface area contributed by atoms with Gasteiger partial charge in [-0.2, -0.15) is 0 Å². The molecule has 0 amide bonds. The summed E-state index contributed by atoms with van der Waals surface area (Å²) in [5, 5.41) is 2.59. The Kier molecular flexibility index (Phi) is 6.77. The first kappa shape index (κ1) is 27.2. The minimum absolute atomic E-state index is 0.489. The van der Waals surface area contributed by atoms with Crippen LogP contribution in [0, 0.1) is 0 Å². The molecule has 2 aliphatic rings. The van der Waals surface area contributed by atoms with E-state index >= 15 is 0 Å². The molecule has 0 aromatic heterocycles. The molecule has 2 aliphatic heterocycles. The highest BCUT2D eigenvalue weighted by Gasteiger charge is 2.38. The Hall–Kier alpha value is -4.39. The van der Waals surface area contributed by atoms with E-state index in [1.165, 1.54) is 0 Å². The standard InChI is InChI=1S/C36H25O5P3/c37-44(40-35-16-3-4-17-36(35)41-44)32-13-7-10-26(23-32)29-19-27(24-8-5-11-30(42)21-24)18-28(20-29)25-9-6-12-31(22-25)43-38-33-14-1-2-15-34(33)39-43/h1-23H,42H2. The van der Waals surface area contributed by atoms with E-state index < -0.39 is 16.0 Å². The normalized spacial score (nSPS) is 14.5. The first-order valence-corrected chi connectivity index (χ1v) is 17.4. The predicted molar refractivity (Wildman–Crippen MR) is 181 cm³/mol. The highest BCUT2D eigenvalue weighted by atomic mass is 31.2. The van der Waals surface area contributed by atoms with E-state index in [1.54, 1.807) is 18.2 Å². The highest BCUT2D eigenvalue weighted by Crippen LogP contribution is 2.57. The second-order valence-electron chi connectivity index (χ2n) is 10.5. The van der Waals surface area contributed by atoms with Crippen molar-refractivity contribution in [1.82, 2.24) is 0 Å². The fourth-order valence-corrected chi connectivity index (χ4v) is 8.67. The maximum absolute atomic E-state index is 13.8. The molecule has 5 nitrogen and oxygen atoms in total. The third-order valence-corrected chi connectivity index (χ3v) is 11.1. The van der Waals surface area contributed by atoms with Crippen LogP contribution in [0.5, 0.6) is 23.0 Å². The Morgan fingerprint density at radius 3 is 1.57 bits per heavy atom. The fourth-order valence-electron chi connectivity index (χ4n) is 5.39. The molecule has 214 valence electrons. The Morgan fingerprint density at radius 2 is 0.977 bits per heavy atom. The summed E-state index contributed by atoms with van der Waals surface area (Å²) in [5.41, 5.74) is 6.13. The van der Waals surface area contributed by atoms with Crippen molar-refractivity contribution in [1.29, 1.82) is 0 Å². The molecule has 0 bridgehead atoms. The zero-order valence-electron chi connectivity index (χ0n) is 23.3. The van der Waals surface area contributed by atoms with Crippen LogP contribution >= 0.6 is 25.2 Å². The first-order chi connectivity index (χ1) is 21.5. The lowest BCUT2D eigenvalue weighted by Gasteiger charge is -2.15. The average Bonchev–Trinajstić information content (AvgIpc) is 3.66. The lowest BCUT2D eigenvalue weighted by atomic mass is 9.93. The van der Waals surface area contributed by atoms with Gasteiger partial charge in [-0.05, 0) is 111 Å². The molecule has 0 fully saturated rings. The monoisotopic (exact) mass is 630 g/mol. The number of rotatable bonds is 5. The zero-order chi connectivity index (χ0) is 29.7. The van der Waals surface area contributed by atoms with Crippen LogP contribution in [0.15, 0.2) is 140 Å². The molecule has 8 heteroatoms. The van der Waals surface area contributed by atoms with Gasteiger partial charge >= 0.3 is 16.0 Å². The summed E-state index contributed by atoms with van der Waals surface area (Å²) in [6, 6.07) is 45.8. The Morgan fingerprint density at radius 1 is 0.477 bits per heavy atom. The van der Waals surface area contributed by atoms with Gasteiger partial charge in [-0.25, -0.2) is 4.57 Å². The molecule has 0 saturated carbocycles. The van der Waals surface area contributed by atoms with E-state index in [0.29, 0.717) is 16.8 Å². The van der Waals surface area contributed by atoms with Crippen LogP contribution in [0.2, 0.25) is 0 Å². The molecular formula is C36H25O5P3. The summed E-state index contributed by atoms with van der Waals surface area (Å²) >= 11 is 0. The summed E-state index contributed by atoms with van der Waals surface area (Å²) in [5.74, 6) is 2.51. The van der Waals surface area contributed by atoms with E-state index in [2.05, 4.69) is 63.8 Å². The summed E-state index contributed by atoms with van der Waals surface area (Å²) in [4.78, 5) is 0. The number of fused-ring (bicyclic) bond motifs is 2. The van der Waals surface area contributed by atoms with E-state index in [0.717, 1.165) is 55.5 Å². The lowest BCUT2D eigenvalue weighted by Crippen LogP contribution is -2.10. The topological polar surface area (TPSA) is 54.0 Å². The molecule has 0 saturated heterocycles. The molecule has 6 aromatic carbocycles. The van der Waals surface area contributed by atoms with E-state index in [1.807, 2.05) is 66.7 Å². The first-order valence-electron chi connectivity index (χ1n) is 14.1. The summed E-state index contributed by atoms with van der Waals surface area (Å²) in [7, 11) is -2.07. The highest BCUT2D eigenvalue weighted by molar-refractivity contribution is 7.63. The van der Waals surface area contributed by atoms with Crippen molar-refractivity contribution < 1.29 is 22.7 Å². The van der Waals surface area contributed by atoms with Gasteiger partial charge in [0.2, 0.25) is 0 Å². The Bertz CT molecular complexity index is 2060. The Labute approximate surface area is 259 Å². The van der Waals surface area contributed by atoms with Crippen molar-refractivity contribution in [3.63, 3.8) is 0 Å². The van der Waals surface area contributed by atoms with E-state index in [9.17, 15) is 4.57 Å². The maximum atomic E-state index is 13.8. The van der Waals surface area contributed by atoms with Gasteiger partial charge in [0.25, 0.3) is 0 Å². The average molecular weight is 631 g/mol. The molecule has 0 aliphatic carbocycles. The van der Waals surface area contributed by atoms with Crippen LogP contribution in [0.25, 0.3) is 33.4 Å². The largest absolute Gasteiger partial charge is 0.463 e. The molecule has 0 radical (unpaired) electrons. The molecule has 8 rings (SSSR count). The summed E-state index contributed by atoms with van der Waals surface area (Å²) in [6.45, 7) is 0. The number of hydrogen-bond donors (Lipinski definition) is 0. The summed E-state index contributed by atoms with van der Waals surface area (Å²) < 4.78 is 37.9. The van der Waals surface area contributed by atoms with Gasteiger partial charge < -0.3 is 18.1 Å². The SMILES string of the molecule is O=P1(c2cccc(-c3cc(-c4cccc(P)c4)cc(-c4cccc(P5Oc6ccccc6O5)c4)c3)c2)Oc2ccccc2O1. The molecule has 6 aromatic rings. The minimum Gasteiger partial charge on any atom is -0.431 e. The second kappa shape index (κ2) is 11.0. The van der Waals surface area contributed by atoms with Gasteiger partial charge in [-0.15, -0.1) is 9.24 Å². The molecule has 0 spiro atoms. The smallest absolute Gasteiger partial charge is 0.431 e. The van der Waals surface area contributed by atoms with Gasteiger partial charge in [0.15, 0.2) is 23.0 Å². The van der Waals surface area contributed by atoms with E-state index in [-0.39, 0.29) is 0 Å². The van der Waals surface area contributed by atoms with Gasteiger partial charge in [-0.1, -0.05) is 66.7 Å². The minimum atomic E-state index is -3.57. The molecule has 0 N–H and O–H groups in total. The predicted octanol–water partition coefficient (Wildman–Crippen LogP) is 8.89. The van der Waals surface area contributed by atoms with Crippen molar-refractivity contribution in [2.75, 3.05) is 0 Å². The molecule has 2 heterocycles. The van der Waals surface area contributed by atoms with Gasteiger partial charge in [0.1, 0.15) is 0 Å². The van der Waals surface area contributed by atoms with Crippen LogP contribution in [0.3, 0.4) is 0 Å². The van der Waals surface area contributed by atoms with Crippen molar-refractivity contribution in [3.05, 3.63) is 140 Å². The van der Waals surface area contributed by atoms with Crippen LogP contribution in [0.4, 0.5) is 0 Å². The molecule has 1 unspecified atom stereocenters. The van der Waals surface area contributed by atoms with Gasteiger partial charge in [0.05, 0.1) is 10.6 Å². The van der Waals surface area contributed by atoms with Crippen molar-refractivity contribution in [2.45, 2.75) is 0 Å². The third-order valence-electron chi connectivity index (χ3n) is 7.54. The number of hydrogen-bond acceptors (Lipinski definition) is 5. The number of benzene rings is 6. The van der Waals surface area contributed by atoms with Crippen LogP contribution in [-0.2, 0) is 4.57 Å². The van der Waals surface area contributed by atoms with Crippen LogP contribution in [-0.4, -0.2) is 0 Å². The second-order valence-corrected chi connectivity index (χ2v) is 14.5. The fraction of sp³-hybridized carbons (Fsp3) is 0. The lowest BCUT2D eigenvalue weighted by molar-refractivity contribution is 0.445. The molecule has 44 heavy (non-hydrogen) atoms. The zero-order valence-corrected chi connectivity index (χ0v) is 26.2. The van der Waals surface area contributed by atoms with Crippen molar-refractivity contribution >= 4 is 41.1 Å². The number of para-hydroxylation sites is 4.